The number of hydrogen-bond acceptors (Lipinski definition) is 4. The number of primary sulfonamides is 1. The van der Waals surface area contributed by atoms with Gasteiger partial charge in [0.15, 0.2) is 0 Å². The van der Waals surface area contributed by atoms with Crippen LogP contribution in [0.2, 0.25) is 0 Å². The van der Waals surface area contributed by atoms with E-state index in [2.05, 4.69) is 4.98 Å². The number of likely N-dealkylation sites (tertiary alicyclic amines) is 1. The van der Waals surface area contributed by atoms with Gasteiger partial charge >= 0.3 is 0 Å². The van der Waals surface area contributed by atoms with Crippen LogP contribution in [0.5, 0.6) is 0 Å². The van der Waals surface area contributed by atoms with Gasteiger partial charge in [-0.25, -0.2) is 18.5 Å². The summed E-state index contributed by atoms with van der Waals surface area (Å²) >= 11 is 0. The lowest BCUT2D eigenvalue weighted by Crippen LogP contribution is -2.33. The second kappa shape index (κ2) is 4.69. The van der Waals surface area contributed by atoms with Gasteiger partial charge in [-0.1, -0.05) is 0 Å². The van der Waals surface area contributed by atoms with Crippen molar-refractivity contribution in [3.63, 3.8) is 0 Å². The van der Waals surface area contributed by atoms with Crippen molar-refractivity contribution in [1.82, 2.24) is 14.5 Å². The van der Waals surface area contributed by atoms with Crippen LogP contribution in [0.3, 0.4) is 0 Å². The Hall–Kier alpha value is -1.41. The normalized spacial score (nSPS) is 20.7. The molecular weight excluding hydrogens is 256 g/mol. The van der Waals surface area contributed by atoms with Crippen molar-refractivity contribution in [2.45, 2.75) is 25.1 Å². The molecule has 2 heterocycles. The third-order valence-electron chi connectivity index (χ3n) is 3.18. The molecule has 1 aliphatic heterocycles. The van der Waals surface area contributed by atoms with E-state index in [-0.39, 0.29) is 18.9 Å². The van der Waals surface area contributed by atoms with Crippen LogP contribution in [0.4, 0.5) is 0 Å². The van der Waals surface area contributed by atoms with Crippen molar-refractivity contribution in [3.05, 3.63) is 18.2 Å². The first-order valence-electron chi connectivity index (χ1n) is 5.65. The first-order chi connectivity index (χ1) is 8.38. The molecule has 0 saturated carbocycles. The van der Waals surface area contributed by atoms with Gasteiger partial charge in [-0.05, 0) is 6.92 Å². The lowest BCUT2D eigenvalue weighted by molar-refractivity contribution is -0.127. The third kappa shape index (κ3) is 2.70. The highest BCUT2D eigenvalue weighted by Crippen LogP contribution is 2.16. The van der Waals surface area contributed by atoms with Crippen LogP contribution in [0.25, 0.3) is 0 Å². The summed E-state index contributed by atoms with van der Waals surface area (Å²) in [4.78, 5) is 17.3. The fraction of sp³-hybridized carbons (Fsp3) is 0.600. The summed E-state index contributed by atoms with van der Waals surface area (Å²) in [6.45, 7) is 3.14. The molecule has 7 nitrogen and oxygen atoms in total. The van der Waals surface area contributed by atoms with Gasteiger partial charge in [-0.2, -0.15) is 0 Å². The summed E-state index contributed by atoms with van der Waals surface area (Å²) in [6, 6.07) is 0. The number of hydrogen-bond donors (Lipinski definition) is 1. The molecule has 1 amide bonds. The number of aromatic nitrogens is 2. The zero-order chi connectivity index (χ0) is 13.3. The van der Waals surface area contributed by atoms with Crippen molar-refractivity contribution in [1.29, 1.82) is 0 Å². The molecule has 100 valence electrons. The molecule has 0 bridgehead atoms. The molecular formula is C10H16N4O3S. The molecule has 2 rings (SSSR count). The number of nitrogens with zero attached hydrogens (tertiary/aromatic N) is 3. The zero-order valence-electron chi connectivity index (χ0n) is 10.1. The number of aryl methyl sites for hydroxylation is 1. The Morgan fingerprint density at radius 1 is 1.50 bits per heavy atom. The third-order valence-corrected chi connectivity index (χ3v) is 4.42. The lowest BCUT2D eigenvalue weighted by Gasteiger charge is -2.16. The highest BCUT2D eigenvalue weighted by Gasteiger charge is 2.36. The van der Waals surface area contributed by atoms with Crippen LogP contribution in [0.15, 0.2) is 12.4 Å². The largest absolute Gasteiger partial charge is 0.339 e. The van der Waals surface area contributed by atoms with Gasteiger partial charge in [0, 0.05) is 38.4 Å². The summed E-state index contributed by atoms with van der Waals surface area (Å²) in [5.41, 5.74) is 0. The topological polar surface area (TPSA) is 98.3 Å². The fourth-order valence-corrected chi connectivity index (χ4v) is 2.80. The van der Waals surface area contributed by atoms with Crippen LogP contribution < -0.4 is 5.14 Å². The van der Waals surface area contributed by atoms with E-state index in [1.165, 1.54) is 4.90 Å². The highest BCUT2D eigenvalue weighted by atomic mass is 32.2. The Kier molecular flexibility index (Phi) is 3.40. The molecule has 0 spiro atoms. The molecule has 1 aromatic rings. The number of carbonyl (C=O) groups is 1. The van der Waals surface area contributed by atoms with E-state index < -0.39 is 15.3 Å². The molecule has 0 aromatic carbocycles. The van der Waals surface area contributed by atoms with Crippen LogP contribution in [-0.2, 0) is 21.4 Å². The Morgan fingerprint density at radius 2 is 2.22 bits per heavy atom. The van der Waals surface area contributed by atoms with Gasteiger partial charge in [0.2, 0.25) is 15.9 Å². The molecule has 0 aliphatic carbocycles. The highest BCUT2D eigenvalue weighted by molar-refractivity contribution is 7.89. The molecule has 18 heavy (non-hydrogen) atoms. The monoisotopic (exact) mass is 272 g/mol. The smallest absolute Gasteiger partial charge is 0.224 e. The van der Waals surface area contributed by atoms with E-state index in [4.69, 9.17) is 5.14 Å². The summed E-state index contributed by atoms with van der Waals surface area (Å²) in [5.74, 6) is 0.705. The molecule has 1 fully saturated rings. The molecule has 2 N–H and O–H groups in total. The van der Waals surface area contributed by atoms with Crippen LogP contribution in [0.1, 0.15) is 12.2 Å². The van der Waals surface area contributed by atoms with Gasteiger partial charge < -0.3 is 9.47 Å². The van der Waals surface area contributed by atoms with Crippen molar-refractivity contribution >= 4 is 15.9 Å². The van der Waals surface area contributed by atoms with Crippen LogP contribution >= 0.6 is 0 Å². The Morgan fingerprint density at radius 3 is 2.72 bits per heavy atom. The zero-order valence-corrected chi connectivity index (χ0v) is 10.9. The number of imidazole rings is 1. The van der Waals surface area contributed by atoms with Crippen molar-refractivity contribution in [3.8, 4) is 0 Å². The number of rotatable bonds is 4. The number of amides is 1. The van der Waals surface area contributed by atoms with E-state index >= 15 is 0 Å². The summed E-state index contributed by atoms with van der Waals surface area (Å²) in [7, 11) is -3.63. The van der Waals surface area contributed by atoms with Gasteiger partial charge in [-0.3, -0.25) is 4.79 Å². The van der Waals surface area contributed by atoms with E-state index in [1.54, 1.807) is 6.20 Å². The van der Waals surface area contributed by atoms with Gasteiger partial charge in [0.05, 0.1) is 0 Å². The molecule has 1 aromatic heterocycles. The fourth-order valence-electron chi connectivity index (χ4n) is 2.04. The Labute approximate surface area is 106 Å². The van der Waals surface area contributed by atoms with Crippen molar-refractivity contribution in [2.75, 3.05) is 13.1 Å². The van der Waals surface area contributed by atoms with E-state index in [1.807, 2.05) is 17.7 Å². The summed E-state index contributed by atoms with van der Waals surface area (Å²) < 4.78 is 24.3. The lowest BCUT2D eigenvalue weighted by atomic mass is 10.4. The first-order valence-corrected chi connectivity index (χ1v) is 7.26. The molecule has 1 saturated heterocycles. The minimum Gasteiger partial charge on any atom is -0.339 e. The standard InChI is InChI=1S/C10H16N4O3S/c1-8-12-2-3-13(8)4-5-14-7-9(6-10(14)15)18(11,16)17/h2-3,9H,4-7H2,1H3,(H2,11,16,17). The second-order valence-electron chi connectivity index (χ2n) is 4.42. The van der Waals surface area contributed by atoms with Crippen LogP contribution in [-0.4, -0.2) is 47.1 Å². The molecule has 1 atom stereocenters. The van der Waals surface area contributed by atoms with Crippen LogP contribution in [0, 0.1) is 6.92 Å². The van der Waals surface area contributed by atoms with E-state index in [9.17, 15) is 13.2 Å². The Balaban J connectivity index is 1.95. The SMILES string of the molecule is Cc1nccn1CCN1CC(S(N)(=O)=O)CC1=O. The first kappa shape index (κ1) is 13.0. The maximum atomic E-state index is 11.7. The number of sulfonamides is 1. The van der Waals surface area contributed by atoms with Gasteiger partial charge in [0.25, 0.3) is 0 Å². The second-order valence-corrected chi connectivity index (χ2v) is 6.27. The number of nitrogens with two attached hydrogens (primary N) is 1. The van der Waals surface area contributed by atoms with Crippen molar-refractivity contribution < 1.29 is 13.2 Å². The average molecular weight is 272 g/mol. The van der Waals surface area contributed by atoms with Crippen molar-refractivity contribution in [2.24, 2.45) is 5.14 Å². The van der Waals surface area contributed by atoms with Gasteiger partial charge in [-0.15, -0.1) is 0 Å². The maximum absolute atomic E-state index is 11.7. The summed E-state index contributed by atoms with van der Waals surface area (Å²) in [6.07, 6.45) is 3.50. The molecule has 1 aliphatic rings. The minimum atomic E-state index is -3.63. The van der Waals surface area contributed by atoms with Gasteiger partial charge in [0.1, 0.15) is 11.1 Å². The van der Waals surface area contributed by atoms with E-state index in [0.717, 1.165) is 5.82 Å². The minimum absolute atomic E-state index is 0.0122. The maximum Gasteiger partial charge on any atom is 0.224 e. The van der Waals surface area contributed by atoms with E-state index in [0.29, 0.717) is 13.1 Å². The quantitative estimate of drug-likeness (QED) is 0.766. The predicted molar refractivity (Wildman–Crippen MR) is 65.1 cm³/mol. The molecule has 1 unspecified atom stereocenters. The Bertz CT molecular complexity index is 551. The summed E-state index contributed by atoms with van der Waals surface area (Å²) in [5, 5.41) is 4.29. The molecule has 0 radical (unpaired) electrons. The predicted octanol–water partition coefficient (Wildman–Crippen LogP) is -0.919. The number of carbonyl (C=O) groups excluding carboxylic acids is 1. The molecule has 8 heteroatoms. The average Bonchev–Trinajstić information content (AvgIpc) is 2.82.